The molecule has 0 amide bonds. The van der Waals surface area contributed by atoms with Crippen LogP contribution in [0.4, 0.5) is 5.82 Å². The number of hydrogen-bond donors (Lipinski definition) is 1. The normalized spacial score (nSPS) is 8.62. The Hall–Kier alpha value is -0.830. The summed E-state index contributed by atoms with van der Waals surface area (Å²) in [6.45, 7) is 0. The molecule has 0 atom stereocenters. The van der Waals surface area contributed by atoms with Gasteiger partial charge in [-0.1, -0.05) is 0 Å². The van der Waals surface area contributed by atoms with Gasteiger partial charge >= 0.3 is 0 Å². The van der Waals surface area contributed by atoms with Crippen molar-refractivity contribution in [2.75, 3.05) is 4.84 Å². The van der Waals surface area contributed by atoms with E-state index in [0.717, 1.165) is 0 Å². The average molecular weight is 130 g/mol. The van der Waals surface area contributed by atoms with Crippen molar-refractivity contribution in [3.63, 3.8) is 0 Å². The summed E-state index contributed by atoms with van der Waals surface area (Å²) >= 11 is 5.19. The van der Waals surface area contributed by atoms with Crippen molar-refractivity contribution in [2.45, 2.75) is 0 Å². The summed E-state index contributed by atoms with van der Waals surface area (Å²) in [4.78, 5) is 9.77. The van der Waals surface area contributed by atoms with Gasteiger partial charge in [-0.05, 0) is 0 Å². The number of nitrogens with one attached hydrogen (secondary N) is 1. The average Bonchev–Trinajstić information content (AvgIpc) is 1.90. The van der Waals surface area contributed by atoms with E-state index < -0.39 is 0 Å². The molecule has 4 heteroatoms. The lowest BCUT2D eigenvalue weighted by atomic mass is 10.6. The van der Waals surface area contributed by atoms with Gasteiger partial charge in [-0.2, -0.15) is 0 Å². The molecule has 0 aliphatic carbocycles. The van der Waals surface area contributed by atoms with E-state index in [1.54, 1.807) is 12.3 Å². The first kappa shape index (κ1) is 5.31. The number of hydrogen-bond acceptors (Lipinski definition) is 3. The van der Waals surface area contributed by atoms with Crippen LogP contribution in [0.3, 0.4) is 0 Å². The monoisotopic (exact) mass is 129 g/mol. The van der Waals surface area contributed by atoms with E-state index in [-0.39, 0.29) is 0 Å². The van der Waals surface area contributed by atoms with Crippen molar-refractivity contribution in [3.8, 4) is 0 Å². The molecule has 0 radical (unpaired) electrons. The topological polar surface area (TPSA) is 37.8 Å². The molecule has 0 bridgehead atoms. The molecule has 0 saturated heterocycles. The summed E-state index contributed by atoms with van der Waals surface area (Å²) in [6, 6.07) is 1.67. The van der Waals surface area contributed by atoms with Crippen molar-refractivity contribution >= 4 is 17.6 Å². The quantitative estimate of drug-likeness (QED) is 0.576. The number of aromatic nitrogens is 2. The molecule has 0 fully saturated rings. The lowest BCUT2D eigenvalue weighted by Gasteiger charge is -1.89. The van der Waals surface area contributed by atoms with Gasteiger partial charge in [0.15, 0.2) is 0 Å². The van der Waals surface area contributed by atoms with E-state index in [0.29, 0.717) is 5.82 Å². The zero-order valence-corrected chi connectivity index (χ0v) is 4.76. The van der Waals surface area contributed by atoms with Crippen LogP contribution >= 0.6 is 11.8 Å². The zero-order chi connectivity index (χ0) is 5.82. The van der Waals surface area contributed by atoms with Crippen LogP contribution in [0.1, 0.15) is 0 Å². The van der Waals surface area contributed by atoms with Crippen molar-refractivity contribution in [1.29, 1.82) is 0 Å². The highest BCUT2D eigenvalue weighted by Gasteiger charge is 1.82. The summed E-state index contributed by atoms with van der Waals surface area (Å²) < 4.78 is 0. The third-order valence-electron chi connectivity index (χ3n) is 0.679. The van der Waals surface area contributed by atoms with Crippen LogP contribution in [-0.2, 0) is 0 Å². The maximum atomic E-state index is 5.19. The number of anilines is 1. The van der Waals surface area contributed by atoms with Crippen molar-refractivity contribution < 1.29 is 0 Å². The zero-order valence-electron chi connectivity index (χ0n) is 4.00. The lowest BCUT2D eigenvalue weighted by Crippen LogP contribution is -1.83. The molecule has 0 saturated carbocycles. The van der Waals surface area contributed by atoms with E-state index in [9.17, 15) is 0 Å². The molecule has 1 aromatic rings. The predicted octanol–water partition coefficient (Wildman–Crippen LogP) is 1.04. The Kier molecular flexibility index (Phi) is 1.64. The molecule has 1 aromatic heterocycles. The Morgan fingerprint density at radius 2 is 2.50 bits per heavy atom. The first-order valence-corrected chi connectivity index (χ1v) is 2.44. The summed E-state index contributed by atoms with van der Waals surface area (Å²) in [5, 5.41) is 0. The molecule has 1 N–H and O–H groups in total. The second-order valence-electron chi connectivity index (χ2n) is 1.19. The lowest BCUT2D eigenvalue weighted by molar-refractivity contribution is 1.18. The highest BCUT2D eigenvalue weighted by Crippen LogP contribution is 1.97. The van der Waals surface area contributed by atoms with E-state index in [1.165, 1.54) is 6.33 Å². The fourth-order valence-corrected chi connectivity index (χ4v) is 0.458. The molecule has 0 aliphatic heterocycles. The Labute approximate surface area is 51.8 Å². The van der Waals surface area contributed by atoms with Crippen LogP contribution < -0.4 is 4.84 Å². The molecule has 0 spiro atoms. The van der Waals surface area contributed by atoms with Gasteiger partial charge in [-0.3, -0.25) is 4.84 Å². The van der Waals surface area contributed by atoms with Crippen molar-refractivity contribution in [2.24, 2.45) is 0 Å². The summed E-state index contributed by atoms with van der Waals surface area (Å²) in [5.41, 5.74) is 0. The van der Waals surface area contributed by atoms with Gasteiger partial charge in [0, 0.05) is 24.0 Å². The minimum atomic E-state index is 0.613. The van der Waals surface area contributed by atoms with Crippen molar-refractivity contribution in [3.05, 3.63) is 18.6 Å². The van der Waals surface area contributed by atoms with E-state index in [1.807, 2.05) is 0 Å². The molecule has 42 valence electrons. The second kappa shape index (κ2) is 2.47. The first-order chi connectivity index (χ1) is 3.93. The van der Waals surface area contributed by atoms with Gasteiger partial charge in [0.25, 0.3) is 0 Å². The SMILES string of the molecule is ClNc1ccncn1. The second-order valence-corrected chi connectivity index (χ2v) is 1.38. The van der Waals surface area contributed by atoms with Crippen LogP contribution in [0.2, 0.25) is 0 Å². The summed E-state index contributed by atoms with van der Waals surface area (Å²) in [5.74, 6) is 0.613. The van der Waals surface area contributed by atoms with Gasteiger partial charge in [0.05, 0.1) is 0 Å². The molecular weight excluding hydrogens is 126 g/mol. The number of rotatable bonds is 1. The van der Waals surface area contributed by atoms with E-state index in [4.69, 9.17) is 11.8 Å². The van der Waals surface area contributed by atoms with Gasteiger partial charge in [0.2, 0.25) is 0 Å². The van der Waals surface area contributed by atoms with Crippen LogP contribution in [0.5, 0.6) is 0 Å². The van der Waals surface area contributed by atoms with Crippen LogP contribution in [0, 0.1) is 0 Å². The molecular formula is C4H4ClN3. The van der Waals surface area contributed by atoms with Gasteiger partial charge in [-0.25, -0.2) is 9.97 Å². The first-order valence-electron chi connectivity index (χ1n) is 2.06. The molecule has 1 rings (SSSR count). The minimum absolute atomic E-state index is 0.613. The molecule has 1 heterocycles. The fourth-order valence-electron chi connectivity index (χ4n) is 0.347. The Morgan fingerprint density at radius 3 is 2.88 bits per heavy atom. The third kappa shape index (κ3) is 1.07. The minimum Gasteiger partial charge on any atom is -0.282 e. The molecule has 3 nitrogen and oxygen atoms in total. The van der Waals surface area contributed by atoms with Gasteiger partial charge in [-0.15, -0.1) is 0 Å². The van der Waals surface area contributed by atoms with E-state index >= 15 is 0 Å². The van der Waals surface area contributed by atoms with Crippen molar-refractivity contribution in [1.82, 2.24) is 9.97 Å². The van der Waals surface area contributed by atoms with Crippen LogP contribution in [0.15, 0.2) is 18.6 Å². The number of halogens is 1. The standard InChI is InChI=1S/C4H4ClN3/c5-8-4-1-2-6-3-7-4/h1-3H,(H,6,7,8). The fraction of sp³-hybridized carbons (Fsp3) is 0. The molecule has 0 aromatic carbocycles. The smallest absolute Gasteiger partial charge is 0.143 e. The van der Waals surface area contributed by atoms with Gasteiger partial charge in [0.1, 0.15) is 12.1 Å². The maximum Gasteiger partial charge on any atom is 0.143 e. The molecule has 0 aliphatic rings. The molecule has 0 unspecified atom stereocenters. The summed E-state index contributed by atoms with van der Waals surface area (Å²) in [7, 11) is 0. The van der Waals surface area contributed by atoms with Gasteiger partial charge < -0.3 is 0 Å². The maximum absolute atomic E-state index is 5.19. The summed E-state index contributed by atoms with van der Waals surface area (Å²) in [6.07, 6.45) is 3.03. The van der Waals surface area contributed by atoms with Crippen LogP contribution in [-0.4, -0.2) is 9.97 Å². The third-order valence-corrected chi connectivity index (χ3v) is 0.872. The molecule has 8 heavy (non-hydrogen) atoms. The Balaban J connectivity index is 2.83. The highest BCUT2D eigenvalue weighted by molar-refractivity contribution is 6.23. The largest absolute Gasteiger partial charge is 0.282 e. The predicted molar refractivity (Wildman–Crippen MR) is 31.5 cm³/mol. The highest BCUT2D eigenvalue weighted by atomic mass is 35.5. The Morgan fingerprint density at radius 1 is 1.62 bits per heavy atom. The Bertz CT molecular complexity index is 153. The van der Waals surface area contributed by atoms with E-state index in [2.05, 4.69) is 14.8 Å². The number of nitrogens with zero attached hydrogens (tertiary/aromatic N) is 2. The van der Waals surface area contributed by atoms with Crippen LogP contribution in [0.25, 0.3) is 0 Å².